The maximum Gasteiger partial charge on any atom is 0.171 e. The minimum Gasteiger partial charge on any atom is -0.496 e. The van der Waals surface area contributed by atoms with Crippen LogP contribution in [0.5, 0.6) is 11.5 Å². The summed E-state index contributed by atoms with van der Waals surface area (Å²) in [5.41, 5.74) is 2.20. The van der Waals surface area contributed by atoms with E-state index in [0.717, 1.165) is 11.1 Å². The van der Waals surface area contributed by atoms with Gasteiger partial charge >= 0.3 is 0 Å². The quantitative estimate of drug-likeness (QED) is 0.727. The molecule has 0 saturated carbocycles. The summed E-state index contributed by atoms with van der Waals surface area (Å²) < 4.78 is 23.8. The molecule has 0 amide bonds. The number of halogens is 1. The lowest BCUT2D eigenvalue weighted by Gasteiger charge is -2.15. The van der Waals surface area contributed by atoms with E-state index < -0.39 is 0 Å². The van der Waals surface area contributed by atoms with Gasteiger partial charge in [-0.25, -0.2) is 4.39 Å². The minimum absolute atomic E-state index is 0.306. The molecule has 78 valence electrons. The first-order valence-corrected chi connectivity index (χ1v) is 4.41. The summed E-state index contributed by atoms with van der Waals surface area (Å²) in [6.45, 7) is 5.39. The Bertz CT molecular complexity index is 295. The largest absolute Gasteiger partial charge is 0.496 e. The zero-order valence-corrected chi connectivity index (χ0v) is 9.19. The maximum absolute atomic E-state index is 13.7. The third-order valence-corrected chi connectivity index (χ3v) is 2.52. The van der Waals surface area contributed by atoms with Crippen molar-refractivity contribution in [2.24, 2.45) is 0 Å². The molecule has 0 radical (unpaired) electrons. The van der Waals surface area contributed by atoms with Crippen molar-refractivity contribution in [3.05, 3.63) is 22.5 Å². The van der Waals surface area contributed by atoms with Gasteiger partial charge in [-0.05, 0) is 26.3 Å². The molecular weight excluding hydrogens is 183 g/mol. The summed E-state index contributed by atoms with van der Waals surface area (Å²) in [6, 6.07) is 0. The average Bonchev–Trinajstić information content (AvgIpc) is 2.17. The number of ether oxygens (including phenoxy) is 2. The standard InChI is InChI=1S/C11H15FO2/c1-6-7(2)11(14-5)9(12)8(3)10(6)13-4/h1-5H3. The van der Waals surface area contributed by atoms with Gasteiger partial charge in [-0.2, -0.15) is 0 Å². The molecule has 0 aliphatic rings. The lowest BCUT2D eigenvalue weighted by molar-refractivity contribution is 0.368. The van der Waals surface area contributed by atoms with E-state index in [2.05, 4.69) is 0 Å². The highest BCUT2D eigenvalue weighted by atomic mass is 19.1. The zero-order chi connectivity index (χ0) is 10.9. The molecule has 0 fully saturated rings. The van der Waals surface area contributed by atoms with Gasteiger partial charge in [-0.15, -0.1) is 0 Å². The minimum atomic E-state index is -0.340. The van der Waals surface area contributed by atoms with Crippen LogP contribution in [-0.2, 0) is 0 Å². The molecule has 0 saturated heterocycles. The normalized spacial score (nSPS) is 10.1. The van der Waals surface area contributed by atoms with Gasteiger partial charge in [0, 0.05) is 11.1 Å². The van der Waals surface area contributed by atoms with Gasteiger partial charge < -0.3 is 9.47 Å². The second kappa shape index (κ2) is 3.86. The monoisotopic (exact) mass is 198 g/mol. The molecule has 0 bridgehead atoms. The van der Waals surface area contributed by atoms with Crippen molar-refractivity contribution in [3.8, 4) is 11.5 Å². The first-order chi connectivity index (χ1) is 6.54. The van der Waals surface area contributed by atoms with Crippen molar-refractivity contribution in [2.45, 2.75) is 20.8 Å². The van der Waals surface area contributed by atoms with Crippen LogP contribution in [0.1, 0.15) is 16.7 Å². The average molecular weight is 198 g/mol. The fourth-order valence-corrected chi connectivity index (χ4v) is 1.61. The highest BCUT2D eigenvalue weighted by molar-refractivity contribution is 5.53. The van der Waals surface area contributed by atoms with E-state index in [0.29, 0.717) is 17.1 Å². The van der Waals surface area contributed by atoms with Crippen LogP contribution in [0.3, 0.4) is 0 Å². The van der Waals surface area contributed by atoms with E-state index in [1.165, 1.54) is 7.11 Å². The van der Waals surface area contributed by atoms with Crippen LogP contribution in [0.2, 0.25) is 0 Å². The van der Waals surface area contributed by atoms with E-state index in [9.17, 15) is 4.39 Å². The number of rotatable bonds is 2. The van der Waals surface area contributed by atoms with Crippen molar-refractivity contribution in [2.75, 3.05) is 14.2 Å². The molecule has 3 heteroatoms. The predicted molar refractivity (Wildman–Crippen MR) is 53.7 cm³/mol. The molecular formula is C11H15FO2. The van der Waals surface area contributed by atoms with Crippen LogP contribution in [0, 0.1) is 26.6 Å². The third-order valence-electron chi connectivity index (χ3n) is 2.52. The molecule has 1 aromatic rings. The SMILES string of the molecule is COc1c(C)c(C)c(OC)c(F)c1C. The summed E-state index contributed by atoms with van der Waals surface area (Å²) in [5, 5.41) is 0. The van der Waals surface area contributed by atoms with Crippen molar-refractivity contribution >= 4 is 0 Å². The first kappa shape index (κ1) is 10.8. The summed E-state index contributed by atoms with van der Waals surface area (Å²) >= 11 is 0. The topological polar surface area (TPSA) is 18.5 Å². The summed E-state index contributed by atoms with van der Waals surface area (Å²) in [6.07, 6.45) is 0. The molecule has 14 heavy (non-hydrogen) atoms. The van der Waals surface area contributed by atoms with Gasteiger partial charge in [0.05, 0.1) is 14.2 Å². The van der Waals surface area contributed by atoms with Crippen LogP contribution in [-0.4, -0.2) is 14.2 Å². The fourth-order valence-electron chi connectivity index (χ4n) is 1.61. The second-order valence-corrected chi connectivity index (χ2v) is 3.26. The molecule has 0 atom stereocenters. The predicted octanol–water partition coefficient (Wildman–Crippen LogP) is 2.77. The van der Waals surface area contributed by atoms with Gasteiger partial charge in [0.15, 0.2) is 11.6 Å². The molecule has 0 aromatic heterocycles. The second-order valence-electron chi connectivity index (χ2n) is 3.26. The van der Waals surface area contributed by atoms with Crippen LogP contribution < -0.4 is 9.47 Å². The zero-order valence-electron chi connectivity index (χ0n) is 9.19. The van der Waals surface area contributed by atoms with Gasteiger partial charge in [0.25, 0.3) is 0 Å². The number of benzene rings is 1. The Balaban J connectivity index is 3.55. The summed E-state index contributed by atoms with van der Waals surface area (Å²) in [7, 11) is 3.01. The molecule has 0 aliphatic carbocycles. The summed E-state index contributed by atoms with van der Waals surface area (Å²) in [5.74, 6) is 0.564. The van der Waals surface area contributed by atoms with E-state index in [1.54, 1.807) is 14.0 Å². The highest BCUT2D eigenvalue weighted by Crippen LogP contribution is 2.35. The first-order valence-electron chi connectivity index (χ1n) is 4.41. The van der Waals surface area contributed by atoms with Crippen molar-refractivity contribution < 1.29 is 13.9 Å². The Hall–Kier alpha value is -1.25. The van der Waals surface area contributed by atoms with E-state index >= 15 is 0 Å². The highest BCUT2D eigenvalue weighted by Gasteiger charge is 2.18. The third kappa shape index (κ3) is 1.43. The Morgan fingerprint density at radius 3 is 1.64 bits per heavy atom. The van der Waals surface area contributed by atoms with E-state index in [-0.39, 0.29) is 5.82 Å². The van der Waals surface area contributed by atoms with E-state index in [1.807, 2.05) is 13.8 Å². The molecule has 0 unspecified atom stereocenters. The Morgan fingerprint density at radius 2 is 1.21 bits per heavy atom. The Kier molecular flexibility index (Phi) is 2.99. The molecule has 0 heterocycles. The molecule has 2 nitrogen and oxygen atoms in total. The van der Waals surface area contributed by atoms with Crippen molar-refractivity contribution in [1.82, 2.24) is 0 Å². The Labute approximate surface area is 83.6 Å². The van der Waals surface area contributed by atoms with Crippen molar-refractivity contribution in [3.63, 3.8) is 0 Å². The van der Waals surface area contributed by atoms with Gasteiger partial charge in [0.1, 0.15) is 5.75 Å². The van der Waals surface area contributed by atoms with Crippen LogP contribution in [0.15, 0.2) is 0 Å². The van der Waals surface area contributed by atoms with E-state index in [4.69, 9.17) is 9.47 Å². The van der Waals surface area contributed by atoms with Gasteiger partial charge in [-0.1, -0.05) is 0 Å². The number of methoxy groups -OCH3 is 2. The molecule has 1 aromatic carbocycles. The Morgan fingerprint density at radius 1 is 0.786 bits per heavy atom. The number of hydrogen-bond donors (Lipinski definition) is 0. The van der Waals surface area contributed by atoms with Crippen LogP contribution >= 0.6 is 0 Å². The van der Waals surface area contributed by atoms with Gasteiger partial charge in [0.2, 0.25) is 0 Å². The lowest BCUT2D eigenvalue weighted by Crippen LogP contribution is -2.01. The van der Waals surface area contributed by atoms with Gasteiger partial charge in [-0.3, -0.25) is 0 Å². The smallest absolute Gasteiger partial charge is 0.171 e. The van der Waals surface area contributed by atoms with Crippen LogP contribution in [0.25, 0.3) is 0 Å². The molecule has 1 rings (SSSR count). The molecule has 0 spiro atoms. The molecule has 0 N–H and O–H groups in total. The molecule has 0 aliphatic heterocycles. The summed E-state index contributed by atoms with van der Waals surface area (Å²) in [4.78, 5) is 0. The number of hydrogen-bond acceptors (Lipinski definition) is 2. The van der Waals surface area contributed by atoms with Crippen molar-refractivity contribution in [1.29, 1.82) is 0 Å². The van der Waals surface area contributed by atoms with Crippen LogP contribution in [0.4, 0.5) is 4.39 Å². The maximum atomic E-state index is 13.7. The lowest BCUT2D eigenvalue weighted by atomic mass is 10.0. The fraction of sp³-hybridized carbons (Fsp3) is 0.455.